The smallest absolute Gasteiger partial charge is 0.194 e. The molecule has 0 bridgehead atoms. The maximum atomic E-state index is 12.4. The molecule has 3 rings (SSSR count). The number of carbonyl (C=O) groups excluding carboxylic acids is 1. The fourth-order valence-electron chi connectivity index (χ4n) is 2.10. The minimum atomic E-state index is 0.0207. The van der Waals surface area contributed by atoms with Crippen molar-refractivity contribution in [3.05, 3.63) is 83.9 Å². The van der Waals surface area contributed by atoms with Crippen molar-refractivity contribution >= 4 is 16.6 Å². The second-order valence-electron chi connectivity index (χ2n) is 4.13. The molecular weight excluding hydrogens is 220 g/mol. The number of ketones is 1. The molecule has 0 heterocycles. The van der Waals surface area contributed by atoms with E-state index in [0.29, 0.717) is 5.56 Å². The number of hydrogen-bond donors (Lipinski definition) is 0. The number of rotatable bonds is 2. The third kappa shape index (κ3) is 1.80. The first-order chi connectivity index (χ1) is 8.86. The van der Waals surface area contributed by atoms with E-state index in [1.807, 2.05) is 54.6 Å². The van der Waals surface area contributed by atoms with E-state index < -0.39 is 0 Å². The van der Waals surface area contributed by atoms with Gasteiger partial charge in [0.1, 0.15) is 0 Å². The van der Waals surface area contributed by atoms with Crippen molar-refractivity contribution < 1.29 is 4.79 Å². The van der Waals surface area contributed by atoms with Gasteiger partial charge in [0.2, 0.25) is 0 Å². The lowest BCUT2D eigenvalue weighted by atomic mass is 9.97. The summed E-state index contributed by atoms with van der Waals surface area (Å²) < 4.78 is 0. The molecule has 0 unspecified atom stereocenters. The molecule has 0 atom stereocenters. The Morgan fingerprint density at radius 2 is 1.61 bits per heavy atom. The summed E-state index contributed by atoms with van der Waals surface area (Å²) in [4.78, 5) is 12.4. The molecule has 0 aromatic heterocycles. The quantitative estimate of drug-likeness (QED) is 0.612. The highest BCUT2D eigenvalue weighted by molar-refractivity contribution is 6.16. The lowest BCUT2D eigenvalue weighted by Crippen LogP contribution is -2.01. The molecule has 18 heavy (non-hydrogen) atoms. The highest BCUT2D eigenvalue weighted by atomic mass is 16.1. The van der Waals surface area contributed by atoms with Crippen LogP contribution in [0.25, 0.3) is 10.8 Å². The highest BCUT2D eigenvalue weighted by Crippen LogP contribution is 2.21. The molecule has 0 saturated carbocycles. The number of fused-ring (bicyclic) bond motifs is 1. The Balaban J connectivity index is 2.18. The van der Waals surface area contributed by atoms with Gasteiger partial charge in [-0.15, -0.1) is 0 Å². The normalized spacial score (nSPS) is 10.4. The number of benzene rings is 3. The van der Waals surface area contributed by atoms with Crippen LogP contribution in [0.3, 0.4) is 0 Å². The zero-order valence-corrected chi connectivity index (χ0v) is 9.76. The topological polar surface area (TPSA) is 17.1 Å². The van der Waals surface area contributed by atoms with Crippen molar-refractivity contribution in [3.8, 4) is 0 Å². The van der Waals surface area contributed by atoms with Crippen molar-refractivity contribution in [2.45, 2.75) is 0 Å². The van der Waals surface area contributed by atoms with E-state index in [1.165, 1.54) is 0 Å². The van der Waals surface area contributed by atoms with Gasteiger partial charge in [0.15, 0.2) is 5.78 Å². The third-order valence-electron chi connectivity index (χ3n) is 2.99. The molecule has 85 valence electrons. The molecule has 0 saturated heterocycles. The first-order valence-corrected chi connectivity index (χ1v) is 5.85. The van der Waals surface area contributed by atoms with E-state index in [9.17, 15) is 4.79 Å². The van der Waals surface area contributed by atoms with E-state index in [-0.39, 0.29) is 5.78 Å². The summed E-state index contributed by atoms with van der Waals surface area (Å²) >= 11 is 0. The molecule has 0 spiro atoms. The van der Waals surface area contributed by atoms with Gasteiger partial charge >= 0.3 is 0 Å². The van der Waals surface area contributed by atoms with E-state index >= 15 is 0 Å². The summed E-state index contributed by atoms with van der Waals surface area (Å²) in [6.45, 7) is 0. The molecular formula is C17H11O. The average molecular weight is 231 g/mol. The summed E-state index contributed by atoms with van der Waals surface area (Å²) in [5.74, 6) is 0.0207. The SMILES string of the molecule is O=C(c1[c]cccc1)c1cccc2ccccc12. The van der Waals surface area contributed by atoms with Crippen LogP contribution >= 0.6 is 0 Å². The lowest BCUT2D eigenvalue weighted by molar-refractivity contribution is 0.104. The summed E-state index contributed by atoms with van der Waals surface area (Å²) in [5, 5.41) is 2.07. The highest BCUT2D eigenvalue weighted by Gasteiger charge is 2.11. The minimum absolute atomic E-state index is 0.0207. The van der Waals surface area contributed by atoms with Crippen LogP contribution in [0.4, 0.5) is 0 Å². The maximum absolute atomic E-state index is 12.4. The molecule has 1 heteroatoms. The third-order valence-corrected chi connectivity index (χ3v) is 2.99. The van der Waals surface area contributed by atoms with Gasteiger partial charge in [0.25, 0.3) is 0 Å². The first kappa shape index (κ1) is 10.7. The molecule has 0 fully saturated rings. The molecule has 1 nitrogen and oxygen atoms in total. The zero-order chi connectivity index (χ0) is 12.4. The maximum Gasteiger partial charge on any atom is 0.194 e. The van der Waals surface area contributed by atoms with E-state index in [2.05, 4.69) is 6.07 Å². The Morgan fingerprint density at radius 3 is 2.44 bits per heavy atom. The van der Waals surface area contributed by atoms with Gasteiger partial charge in [-0.05, 0) is 16.8 Å². The van der Waals surface area contributed by atoms with Gasteiger partial charge in [0.05, 0.1) is 0 Å². The fourth-order valence-corrected chi connectivity index (χ4v) is 2.10. The van der Waals surface area contributed by atoms with Gasteiger partial charge in [-0.3, -0.25) is 4.79 Å². The molecule has 3 aromatic rings. The number of hydrogen-bond acceptors (Lipinski definition) is 1. The number of carbonyl (C=O) groups is 1. The minimum Gasteiger partial charge on any atom is -0.289 e. The Kier molecular flexibility index (Phi) is 2.66. The molecule has 0 amide bonds. The molecule has 0 aliphatic heterocycles. The van der Waals surface area contributed by atoms with Crippen LogP contribution in [-0.2, 0) is 0 Å². The zero-order valence-electron chi connectivity index (χ0n) is 9.76. The van der Waals surface area contributed by atoms with Crippen LogP contribution in [0, 0.1) is 6.07 Å². The van der Waals surface area contributed by atoms with Crippen molar-refractivity contribution in [1.29, 1.82) is 0 Å². The van der Waals surface area contributed by atoms with Crippen molar-refractivity contribution in [3.63, 3.8) is 0 Å². The van der Waals surface area contributed by atoms with E-state index in [1.54, 1.807) is 12.1 Å². The Morgan fingerprint density at radius 1 is 0.833 bits per heavy atom. The monoisotopic (exact) mass is 231 g/mol. The van der Waals surface area contributed by atoms with Crippen LogP contribution in [0.1, 0.15) is 15.9 Å². The summed E-state index contributed by atoms with van der Waals surface area (Å²) in [6, 6.07) is 24.0. The van der Waals surface area contributed by atoms with E-state index in [0.717, 1.165) is 16.3 Å². The van der Waals surface area contributed by atoms with Gasteiger partial charge in [-0.1, -0.05) is 66.7 Å². The molecule has 0 aliphatic rings. The van der Waals surface area contributed by atoms with E-state index in [4.69, 9.17) is 0 Å². The van der Waals surface area contributed by atoms with Gasteiger partial charge in [0, 0.05) is 11.1 Å². The Bertz CT molecular complexity index is 694. The molecule has 0 aliphatic carbocycles. The average Bonchev–Trinajstić information content (AvgIpc) is 2.47. The fraction of sp³-hybridized carbons (Fsp3) is 0. The summed E-state index contributed by atoms with van der Waals surface area (Å²) in [7, 11) is 0. The standard InChI is InChI=1S/C17H11O/c18-17(14-8-2-1-3-9-14)16-12-6-10-13-7-4-5-11-15(13)16/h1-8,10-12H. The summed E-state index contributed by atoms with van der Waals surface area (Å²) in [5.41, 5.74) is 1.34. The van der Waals surface area contributed by atoms with Crippen LogP contribution in [0.5, 0.6) is 0 Å². The predicted octanol–water partition coefficient (Wildman–Crippen LogP) is 3.87. The Labute approximate surface area is 106 Å². The van der Waals surface area contributed by atoms with Crippen molar-refractivity contribution in [2.24, 2.45) is 0 Å². The molecule has 0 N–H and O–H groups in total. The largest absolute Gasteiger partial charge is 0.289 e. The van der Waals surface area contributed by atoms with Gasteiger partial charge in [-0.2, -0.15) is 0 Å². The Hall–Kier alpha value is -2.41. The molecule has 1 radical (unpaired) electrons. The molecule has 3 aromatic carbocycles. The lowest BCUT2D eigenvalue weighted by Gasteiger charge is -2.05. The van der Waals surface area contributed by atoms with Crippen molar-refractivity contribution in [1.82, 2.24) is 0 Å². The van der Waals surface area contributed by atoms with Crippen LogP contribution < -0.4 is 0 Å². The second-order valence-corrected chi connectivity index (χ2v) is 4.13. The predicted molar refractivity (Wildman–Crippen MR) is 72.7 cm³/mol. The van der Waals surface area contributed by atoms with Gasteiger partial charge in [-0.25, -0.2) is 0 Å². The van der Waals surface area contributed by atoms with Crippen molar-refractivity contribution in [2.75, 3.05) is 0 Å². The first-order valence-electron chi connectivity index (χ1n) is 5.85. The van der Waals surface area contributed by atoms with Gasteiger partial charge < -0.3 is 0 Å². The second kappa shape index (κ2) is 4.46. The summed E-state index contributed by atoms with van der Waals surface area (Å²) in [6.07, 6.45) is 0. The van der Waals surface area contributed by atoms with Crippen LogP contribution in [0.15, 0.2) is 66.7 Å². The van der Waals surface area contributed by atoms with Crippen LogP contribution in [-0.4, -0.2) is 5.78 Å². The van der Waals surface area contributed by atoms with Crippen LogP contribution in [0.2, 0.25) is 0 Å².